The number of esters is 1. The molecule has 7 nitrogen and oxygen atoms in total. The number of allylic oxidation sites excluding steroid dienone is 1. The Bertz CT molecular complexity index is 921. The van der Waals surface area contributed by atoms with E-state index in [-0.39, 0.29) is 17.5 Å². The summed E-state index contributed by atoms with van der Waals surface area (Å²) in [5.41, 5.74) is -1.39. The molecule has 31 heavy (non-hydrogen) atoms. The third-order valence-corrected chi connectivity index (χ3v) is 6.77. The predicted molar refractivity (Wildman–Crippen MR) is 114 cm³/mol. The topological polar surface area (TPSA) is 80.3 Å². The summed E-state index contributed by atoms with van der Waals surface area (Å²) in [6.07, 6.45) is 3.18. The van der Waals surface area contributed by atoms with Gasteiger partial charge in [0.15, 0.2) is 22.9 Å². The van der Waals surface area contributed by atoms with Crippen molar-refractivity contribution in [3.8, 4) is 11.5 Å². The van der Waals surface area contributed by atoms with Gasteiger partial charge in [-0.2, -0.15) is 0 Å². The van der Waals surface area contributed by atoms with Gasteiger partial charge in [0.1, 0.15) is 6.10 Å². The van der Waals surface area contributed by atoms with Crippen LogP contribution in [0.2, 0.25) is 0 Å². The molecule has 0 radical (unpaired) electrons. The van der Waals surface area contributed by atoms with Crippen molar-refractivity contribution in [2.45, 2.75) is 37.9 Å². The molecule has 0 aliphatic heterocycles. The van der Waals surface area contributed by atoms with Crippen molar-refractivity contribution in [1.82, 2.24) is 0 Å². The van der Waals surface area contributed by atoms with Crippen LogP contribution < -0.4 is 9.47 Å². The zero-order chi connectivity index (χ0) is 23.0. The first-order chi connectivity index (χ1) is 14.8. The molecule has 5 unspecified atom stereocenters. The lowest BCUT2D eigenvalue weighted by atomic mass is 9.69. The van der Waals surface area contributed by atoms with Gasteiger partial charge in [-0.3, -0.25) is 9.59 Å². The number of rotatable bonds is 8. The Morgan fingerprint density at radius 3 is 2.32 bits per heavy atom. The minimum Gasteiger partial charge on any atom is -0.493 e. The summed E-state index contributed by atoms with van der Waals surface area (Å²) in [7, 11) is 6.04. The molecule has 1 aromatic rings. The van der Waals surface area contributed by atoms with E-state index >= 15 is 0 Å². The average Bonchev–Trinajstić information content (AvgIpc) is 2.91. The van der Waals surface area contributed by atoms with Crippen molar-refractivity contribution >= 4 is 11.8 Å². The van der Waals surface area contributed by atoms with Crippen molar-refractivity contribution < 1.29 is 33.3 Å². The van der Waals surface area contributed by atoms with Crippen LogP contribution in [-0.2, 0) is 23.8 Å². The van der Waals surface area contributed by atoms with Crippen LogP contribution in [0.3, 0.4) is 0 Å². The quantitative estimate of drug-likeness (QED) is 0.462. The Morgan fingerprint density at radius 1 is 1.13 bits per heavy atom. The smallest absolute Gasteiger partial charge is 0.303 e. The Balaban J connectivity index is 2.32. The lowest BCUT2D eigenvalue weighted by molar-refractivity contribution is -0.181. The second kappa shape index (κ2) is 8.38. The molecule has 0 heterocycles. The molecule has 1 saturated carbocycles. The van der Waals surface area contributed by atoms with Gasteiger partial charge >= 0.3 is 5.97 Å². The van der Waals surface area contributed by atoms with E-state index in [1.54, 1.807) is 32.4 Å². The molecular formula is C24H30O7. The van der Waals surface area contributed by atoms with Gasteiger partial charge in [0.25, 0.3) is 0 Å². The van der Waals surface area contributed by atoms with Gasteiger partial charge in [0, 0.05) is 25.4 Å². The van der Waals surface area contributed by atoms with Crippen LogP contribution in [0.15, 0.2) is 42.7 Å². The molecule has 0 N–H and O–H groups in total. The fourth-order valence-electron chi connectivity index (χ4n) is 5.48. The second-order valence-corrected chi connectivity index (χ2v) is 8.01. The van der Waals surface area contributed by atoms with Crippen LogP contribution in [0.4, 0.5) is 0 Å². The van der Waals surface area contributed by atoms with E-state index < -0.39 is 29.0 Å². The standard InChI is InChI=1S/C24H30O7/c1-8-11-23-13-19(29-6)21(26)24(30-7,22(23)31-15(3)25)20(14(23)2)16-9-10-17(27-4)18(12-16)28-5/h8-10,12-14,20,22H,1,11H2,2-7H3. The fraction of sp³-hybridized carbons (Fsp3) is 0.500. The first-order valence-corrected chi connectivity index (χ1v) is 10.1. The van der Waals surface area contributed by atoms with E-state index in [4.69, 9.17) is 23.7 Å². The van der Waals surface area contributed by atoms with Crippen LogP contribution in [0.25, 0.3) is 0 Å². The van der Waals surface area contributed by atoms with Crippen LogP contribution >= 0.6 is 0 Å². The summed E-state index contributed by atoms with van der Waals surface area (Å²) >= 11 is 0. The van der Waals surface area contributed by atoms with E-state index in [1.807, 2.05) is 19.1 Å². The maximum atomic E-state index is 13.7. The lowest BCUT2D eigenvalue weighted by Gasteiger charge is -2.43. The molecule has 1 aromatic carbocycles. The normalized spacial score (nSPS) is 31.6. The SMILES string of the molecule is C=CCC12C=C(OC)C(=O)C(OC)(C(c3ccc(OC)c(OC)c3)C1C)C2OC(C)=O. The number of ether oxygens (including phenoxy) is 5. The molecule has 3 rings (SSSR count). The van der Waals surface area contributed by atoms with E-state index in [2.05, 4.69) is 6.58 Å². The van der Waals surface area contributed by atoms with E-state index in [0.29, 0.717) is 17.9 Å². The average molecular weight is 430 g/mol. The predicted octanol–water partition coefficient (Wildman–Crippen LogP) is 3.43. The number of Topliss-reactive ketones (excluding diaryl/α,β-unsaturated/α-hetero) is 1. The maximum Gasteiger partial charge on any atom is 0.303 e. The molecule has 2 bridgehead atoms. The number of fused-ring (bicyclic) bond motifs is 2. The van der Waals surface area contributed by atoms with Crippen LogP contribution in [0, 0.1) is 11.3 Å². The first-order valence-electron chi connectivity index (χ1n) is 10.1. The zero-order valence-electron chi connectivity index (χ0n) is 18.9. The number of methoxy groups -OCH3 is 4. The molecule has 5 atom stereocenters. The van der Waals surface area contributed by atoms with Crippen LogP contribution in [0.5, 0.6) is 11.5 Å². The Morgan fingerprint density at radius 2 is 1.81 bits per heavy atom. The van der Waals surface area contributed by atoms with Crippen molar-refractivity contribution in [3.63, 3.8) is 0 Å². The third-order valence-electron chi connectivity index (χ3n) is 6.77. The highest BCUT2D eigenvalue weighted by Crippen LogP contribution is 2.65. The Hall–Kier alpha value is -2.80. The largest absolute Gasteiger partial charge is 0.493 e. The number of carbonyl (C=O) groups excluding carboxylic acids is 2. The molecule has 2 aliphatic carbocycles. The molecule has 0 amide bonds. The summed E-state index contributed by atoms with van der Waals surface area (Å²) in [6, 6.07) is 5.52. The number of ketones is 1. The van der Waals surface area contributed by atoms with Gasteiger partial charge in [-0.05, 0) is 36.1 Å². The third kappa shape index (κ3) is 3.14. The number of hydrogen-bond acceptors (Lipinski definition) is 7. The highest BCUT2D eigenvalue weighted by Gasteiger charge is 2.74. The lowest BCUT2D eigenvalue weighted by Crippen LogP contribution is -2.59. The number of benzene rings is 1. The summed E-state index contributed by atoms with van der Waals surface area (Å²) < 4.78 is 28.2. The molecule has 0 aromatic heterocycles. The van der Waals surface area contributed by atoms with Crippen molar-refractivity contribution in [1.29, 1.82) is 0 Å². The van der Waals surface area contributed by atoms with Gasteiger partial charge in [-0.1, -0.05) is 19.1 Å². The molecule has 168 valence electrons. The van der Waals surface area contributed by atoms with E-state index in [0.717, 1.165) is 5.56 Å². The molecule has 1 fully saturated rings. The first kappa shape index (κ1) is 22.9. The van der Waals surface area contributed by atoms with Crippen molar-refractivity contribution in [3.05, 3.63) is 48.3 Å². The van der Waals surface area contributed by atoms with Crippen molar-refractivity contribution in [2.24, 2.45) is 11.3 Å². The van der Waals surface area contributed by atoms with E-state index in [9.17, 15) is 9.59 Å². The van der Waals surface area contributed by atoms with Gasteiger partial charge in [0.2, 0.25) is 5.78 Å². The monoisotopic (exact) mass is 430 g/mol. The minimum atomic E-state index is -1.46. The number of carbonyl (C=O) groups is 2. The molecule has 7 heteroatoms. The Kier molecular flexibility index (Phi) is 6.18. The minimum absolute atomic E-state index is 0.162. The number of hydrogen-bond donors (Lipinski definition) is 0. The zero-order valence-corrected chi connectivity index (χ0v) is 18.9. The van der Waals surface area contributed by atoms with Crippen LogP contribution in [0.1, 0.15) is 31.7 Å². The molecule has 0 saturated heterocycles. The summed E-state index contributed by atoms with van der Waals surface area (Å²) in [5, 5.41) is 0. The van der Waals surface area contributed by atoms with Crippen molar-refractivity contribution in [2.75, 3.05) is 28.4 Å². The molecule has 0 spiro atoms. The Labute approximate surface area is 183 Å². The summed E-state index contributed by atoms with van der Waals surface area (Å²) in [5.74, 6) is -0.140. The highest BCUT2D eigenvalue weighted by atomic mass is 16.6. The van der Waals surface area contributed by atoms with Gasteiger partial charge in [-0.15, -0.1) is 6.58 Å². The summed E-state index contributed by atoms with van der Waals surface area (Å²) in [6.45, 7) is 7.27. The molecule has 2 aliphatic rings. The van der Waals surface area contributed by atoms with Gasteiger partial charge in [0.05, 0.1) is 21.3 Å². The van der Waals surface area contributed by atoms with E-state index in [1.165, 1.54) is 21.1 Å². The fourth-order valence-corrected chi connectivity index (χ4v) is 5.48. The van der Waals surface area contributed by atoms with Gasteiger partial charge in [-0.25, -0.2) is 0 Å². The highest BCUT2D eigenvalue weighted by molar-refractivity contribution is 6.04. The second-order valence-electron chi connectivity index (χ2n) is 8.01. The molecular weight excluding hydrogens is 400 g/mol. The van der Waals surface area contributed by atoms with Crippen LogP contribution in [-0.4, -0.2) is 51.9 Å². The maximum absolute atomic E-state index is 13.7. The van der Waals surface area contributed by atoms with Gasteiger partial charge < -0.3 is 23.7 Å². The summed E-state index contributed by atoms with van der Waals surface area (Å²) in [4.78, 5) is 25.8.